The summed E-state index contributed by atoms with van der Waals surface area (Å²) in [5.41, 5.74) is -0.267. The molecule has 1 atom stereocenters. The first-order chi connectivity index (χ1) is 11.0. The van der Waals surface area contributed by atoms with Crippen molar-refractivity contribution in [3.05, 3.63) is 0 Å². The molecule has 4 nitrogen and oxygen atoms in total. The number of rotatable bonds is 4. The zero-order valence-electron chi connectivity index (χ0n) is 14.2. The molecule has 0 radical (unpaired) electrons. The molecular weight excluding hydrogens is 290 g/mol. The number of carbonyl (C=O) groups excluding carboxylic acids is 2. The van der Waals surface area contributed by atoms with Gasteiger partial charge in [-0.25, -0.2) is 0 Å². The molecule has 128 valence electrons. The maximum absolute atomic E-state index is 12.8. The molecule has 5 fully saturated rings. The van der Waals surface area contributed by atoms with Gasteiger partial charge in [0.1, 0.15) is 0 Å². The Hall–Kier alpha value is -1.06. The van der Waals surface area contributed by atoms with Crippen molar-refractivity contribution in [2.45, 2.75) is 83.3 Å². The van der Waals surface area contributed by atoms with Gasteiger partial charge < -0.3 is 10.1 Å². The molecular formula is C19H29NO3. The molecule has 0 saturated heterocycles. The Labute approximate surface area is 138 Å². The summed E-state index contributed by atoms with van der Waals surface area (Å²) in [7, 11) is 0. The number of carbonyl (C=O) groups is 2. The highest BCUT2D eigenvalue weighted by molar-refractivity contribution is 5.85. The molecule has 4 bridgehead atoms. The summed E-state index contributed by atoms with van der Waals surface area (Å²) in [6, 6.07) is 0.281. The van der Waals surface area contributed by atoms with Gasteiger partial charge in [0.25, 0.3) is 5.91 Å². The second-order valence-corrected chi connectivity index (χ2v) is 8.74. The lowest BCUT2D eigenvalue weighted by Crippen LogP contribution is -2.52. The van der Waals surface area contributed by atoms with Gasteiger partial charge in [-0.15, -0.1) is 0 Å². The molecule has 5 rings (SSSR count). The number of nitrogens with one attached hydrogen (secondary N) is 1. The van der Waals surface area contributed by atoms with E-state index in [2.05, 4.69) is 5.32 Å². The van der Waals surface area contributed by atoms with E-state index in [1.54, 1.807) is 6.92 Å². The van der Waals surface area contributed by atoms with Crippen molar-refractivity contribution < 1.29 is 14.3 Å². The fraction of sp³-hybridized carbons (Fsp3) is 0.895. The summed E-state index contributed by atoms with van der Waals surface area (Å²) < 4.78 is 5.66. The van der Waals surface area contributed by atoms with E-state index in [0.717, 1.165) is 49.9 Å². The average molecular weight is 319 g/mol. The average Bonchev–Trinajstić information content (AvgIpc) is 2.98. The molecule has 5 saturated carbocycles. The zero-order valence-corrected chi connectivity index (χ0v) is 14.2. The second-order valence-electron chi connectivity index (χ2n) is 8.74. The normalized spacial score (nSPS) is 40.1. The van der Waals surface area contributed by atoms with Gasteiger partial charge in [-0.1, -0.05) is 12.8 Å². The van der Waals surface area contributed by atoms with Crippen molar-refractivity contribution in [1.82, 2.24) is 5.32 Å². The van der Waals surface area contributed by atoms with Gasteiger partial charge in [0.05, 0.1) is 5.41 Å². The van der Waals surface area contributed by atoms with Crippen LogP contribution in [0.2, 0.25) is 0 Å². The maximum atomic E-state index is 12.8. The highest BCUT2D eigenvalue weighted by atomic mass is 16.5. The molecule has 1 N–H and O–H groups in total. The van der Waals surface area contributed by atoms with Gasteiger partial charge in [-0.05, 0) is 76.0 Å². The summed E-state index contributed by atoms with van der Waals surface area (Å²) in [5, 5.41) is 3.04. The lowest BCUT2D eigenvalue weighted by atomic mass is 9.49. The van der Waals surface area contributed by atoms with E-state index >= 15 is 0 Å². The van der Waals surface area contributed by atoms with Crippen LogP contribution in [0.1, 0.15) is 71.1 Å². The third-order valence-electron chi connectivity index (χ3n) is 6.83. The Kier molecular flexibility index (Phi) is 3.89. The molecule has 0 spiro atoms. The van der Waals surface area contributed by atoms with Crippen LogP contribution in [0.5, 0.6) is 0 Å². The van der Waals surface area contributed by atoms with Crippen LogP contribution in [0.3, 0.4) is 0 Å². The van der Waals surface area contributed by atoms with Crippen molar-refractivity contribution >= 4 is 11.9 Å². The molecule has 0 unspecified atom stereocenters. The van der Waals surface area contributed by atoms with Gasteiger partial charge in [-0.2, -0.15) is 0 Å². The minimum Gasteiger partial charge on any atom is -0.452 e. The number of hydrogen-bond donors (Lipinski definition) is 1. The van der Waals surface area contributed by atoms with Crippen molar-refractivity contribution in [2.75, 3.05) is 0 Å². The smallest absolute Gasteiger partial charge is 0.312 e. The third kappa shape index (κ3) is 2.89. The largest absolute Gasteiger partial charge is 0.452 e. The summed E-state index contributed by atoms with van der Waals surface area (Å²) in [6.07, 6.45) is 10.7. The molecule has 0 aromatic heterocycles. The highest BCUT2D eigenvalue weighted by Gasteiger charge is 2.55. The maximum Gasteiger partial charge on any atom is 0.312 e. The van der Waals surface area contributed by atoms with Crippen molar-refractivity contribution in [1.29, 1.82) is 0 Å². The Balaban J connectivity index is 1.36. The Morgan fingerprint density at radius 2 is 1.52 bits per heavy atom. The van der Waals surface area contributed by atoms with Crippen LogP contribution in [-0.4, -0.2) is 24.0 Å². The molecule has 5 aliphatic rings. The predicted octanol–water partition coefficient (Wildman–Crippen LogP) is 3.19. The Morgan fingerprint density at radius 1 is 1.00 bits per heavy atom. The van der Waals surface area contributed by atoms with Crippen LogP contribution < -0.4 is 5.32 Å². The molecule has 0 aromatic carbocycles. The molecule has 4 heteroatoms. The molecule has 1 amide bonds. The van der Waals surface area contributed by atoms with E-state index in [-0.39, 0.29) is 23.3 Å². The van der Waals surface area contributed by atoms with E-state index in [1.807, 2.05) is 0 Å². The number of ether oxygens (including phenoxy) is 1. The van der Waals surface area contributed by atoms with Crippen LogP contribution in [-0.2, 0) is 14.3 Å². The first kappa shape index (κ1) is 15.5. The lowest BCUT2D eigenvalue weighted by Gasteiger charge is -2.55. The summed E-state index contributed by atoms with van der Waals surface area (Å²) >= 11 is 0. The van der Waals surface area contributed by atoms with Crippen LogP contribution >= 0.6 is 0 Å². The van der Waals surface area contributed by atoms with Crippen LogP contribution in [0.4, 0.5) is 0 Å². The number of hydrogen-bond acceptors (Lipinski definition) is 3. The van der Waals surface area contributed by atoms with Gasteiger partial charge >= 0.3 is 5.97 Å². The molecule has 0 heterocycles. The first-order valence-corrected chi connectivity index (χ1v) is 9.55. The standard InChI is InChI=1S/C19H29NO3/c1-12(17(21)20-16-4-2-3-5-16)23-18(22)19-9-13-6-14(10-19)8-15(7-13)11-19/h12-16H,2-11H2,1H3,(H,20,21)/t12-,13?,14?,15?,19?/m0/s1. The fourth-order valence-corrected chi connectivity index (χ4v) is 6.09. The van der Waals surface area contributed by atoms with E-state index in [9.17, 15) is 9.59 Å². The van der Waals surface area contributed by atoms with Gasteiger partial charge in [0, 0.05) is 6.04 Å². The quantitative estimate of drug-likeness (QED) is 0.810. The molecule has 0 aliphatic heterocycles. The SMILES string of the molecule is C[C@H](OC(=O)C12CC3CC(CC(C3)C1)C2)C(=O)NC1CCCC1. The first-order valence-electron chi connectivity index (χ1n) is 9.55. The number of amides is 1. The molecule has 23 heavy (non-hydrogen) atoms. The zero-order chi connectivity index (χ0) is 16.0. The topological polar surface area (TPSA) is 55.4 Å². The predicted molar refractivity (Wildman–Crippen MR) is 86.6 cm³/mol. The Bertz CT molecular complexity index is 460. The van der Waals surface area contributed by atoms with E-state index in [1.165, 1.54) is 32.1 Å². The van der Waals surface area contributed by atoms with Crippen molar-refractivity contribution in [3.8, 4) is 0 Å². The molecule has 5 aliphatic carbocycles. The van der Waals surface area contributed by atoms with E-state index in [4.69, 9.17) is 4.74 Å². The van der Waals surface area contributed by atoms with Gasteiger partial charge in [0.15, 0.2) is 6.10 Å². The summed E-state index contributed by atoms with van der Waals surface area (Å²) in [4.78, 5) is 25.1. The lowest BCUT2D eigenvalue weighted by molar-refractivity contribution is -0.178. The van der Waals surface area contributed by atoms with Crippen LogP contribution in [0, 0.1) is 23.2 Å². The minimum atomic E-state index is -0.656. The van der Waals surface area contributed by atoms with Crippen molar-refractivity contribution in [3.63, 3.8) is 0 Å². The Morgan fingerprint density at radius 3 is 2.04 bits per heavy atom. The monoisotopic (exact) mass is 319 g/mol. The molecule has 0 aromatic rings. The van der Waals surface area contributed by atoms with Crippen LogP contribution in [0.25, 0.3) is 0 Å². The summed E-state index contributed by atoms with van der Waals surface area (Å²) in [6.45, 7) is 1.72. The fourth-order valence-electron chi connectivity index (χ4n) is 6.09. The minimum absolute atomic E-state index is 0.0920. The van der Waals surface area contributed by atoms with E-state index < -0.39 is 6.10 Å². The van der Waals surface area contributed by atoms with Crippen molar-refractivity contribution in [2.24, 2.45) is 23.2 Å². The van der Waals surface area contributed by atoms with Crippen LogP contribution in [0.15, 0.2) is 0 Å². The number of esters is 1. The van der Waals surface area contributed by atoms with Gasteiger partial charge in [0.2, 0.25) is 0 Å². The van der Waals surface area contributed by atoms with E-state index in [0.29, 0.717) is 0 Å². The summed E-state index contributed by atoms with van der Waals surface area (Å²) in [5.74, 6) is 1.95. The third-order valence-corrected chi connectivity index (χ3v) is 6.83. The van der Waals surface area contributed by atoms with Gasteiger partial charge in [-0.3, -0.25) is 9.59 Å². The highest BCUT2D eigenvalue weighted by Crippen LogP contribution is 2.60. The second kappa shape index (κ2) is 5.78.